The van der Waals surface area contributed by atoms with Crippen molar-refractivity contribution in [2.75, 3.05) is 0 Å². The summed E-state index contributed by atoms with van der Waals surface area (Å²) in [6.07, 6.45) is 0. The maximum atomic E-state index is 5.66. The standard InChI is InChI=1S/C7H5ClSe/c8-7(9)6-4-2-1-3-5-6/h1-5H. The van der Waals surface area contributed by atoms with Crippen LogP contribution in [0, 0.1) is 0 Å². The summed E-state index contributed by atoms with van der Waals surface area (Å²) in [6.45, 7) is 0. The van der Waals surface area contributed by atoms with Gasteiger partial charge in [-0.2, -0.15) is 0 Å². The molecule has 0 bridgehead atoms. The molecule has 1 aromatic carbocycles. The molecule has 0 aliphatic carbocycles. The summed E-state index contributed by atoms with van der Waals surface area (Å²) in [5.74, 6) is 0. The second kappa shape index (κ2) is 3.17. The molecule has 0 fully saturated rings. The van der Waals surface area contributed by atoms with Gasteiger partial charge in [0.2, 0.25) is 0 Å². The van der Waals surface area contributed by atoms with Crippen LogP contribution in [0.2, 0.25) is 0 Å². The van der Waals surface area contributed by atoms with E-state index >= 15 is 0 Å². The van der Waals surface area contributed by atoms with Crippen LogP contribution >= 0.6 is 11.6 Å². The fourth-order valence-electron chi connectivity index (χ4n) is 0.569. The van der Waals surface area contributed by atoms with E-state index in [0.717, 1.165) is 9.44 Å². The van der Waals surface area contributed by atoms with E-state index in [4.69, 9.17) is 11.6 Å². The molecule has 0 spiro atoms. The van der Waals surface area contributed by atoms with Crippen LogP contribution in [0.1, 0.15) is 5.56 Å². The Kier molecular flexibility index (Phi) is 2.47. The van der Waals surface area contributed by atoms with Crippen LogP contribution in [0.25, 0.3) is 0 Å². The van der Waals surface area contributed by atoms with Gasteiger partial charge < -0.3 is 0 Å². The molecule has 0 saturated carbocycles. The van der Waals surface area contributed by atoms with E-state index in [2.05, 4.69) is 15.6 Å². The molecule has 0 aromatic heterocycles. The summed E-state index contributed by atoms with van der Waals surface area (Å²) >= 11 is 8.40. The molecule has 0 nitrogen and oxygen atoms in total. The first-order valence-electron chi connectivity index (χ1n) is 2.55. The minimum atomic E-state index is 0.718. The van der Waals surface area contributed by atoms with Crippen molar-refractivity contribution in [2.45, 2.75) is 0 Å². The van der Waals surface area contributed by atoms with Crippen molar-refractivity contribution in [1.29, 1.82) is 0 Å². The Balaban J connectivity index is 2.98. The molecule has 0 aliphatic heterocycles. The topological polar surface area (TPSA) is 0 Å². The van der Waals surface area contributed by atoms with E-state index in [0.29, 0.717) is 0 Å². The zero-order valence-electron chi connectivity index (χ0n) is 4.67. The first-order chi connectivity index (χ1) is 4.30. The Labute approximate surface area is 67.2 Å². The number of hydrogen-bond donors (Lipinski definition) is 0. The van der Waals surface area contributed by atoms with Gasteiger partial charge in [-0.3, -0.25) is 0 Å². The second-order valence-electron chi connectivity index (χ2n) is 1.64. The number of hydrogen-bond acceptors (Lipinski definition) is 0. The molecule has 9 heavy (non-hydrogen) atoms. The Bertz CT molecular complexity index is 205. The van der Waals surface area contributed by atoms with Gasteiger partial charge in [-0.05, 0) is 0 Å². The summed E-state index contributed by atoms with van der Waals surface area (Å²) in [4.78, 5) is 0. The molecule has 0 saturated heterocycles. The van der Waals surface area contributed by atoms with Crippen molar-refractivity contribution in [3.63, 3.8) is 0 Å². The van der Waals surface area contributed by atoms with E-state index in [9.17, 15) is 0 Å². The van der Waals surface area contributed by atoms with E-state index in [-0.39, 0.29) is 0 Å². The zero-order valence-corrected chi connectivity index (χ0v) is 7.14. The normalized spacial score (nSPS) is 9.00. The maximum absolute atomic E-state index is 5.66. The van der Waals surface area contributed by atoms with Crippen LogP contribution in [-0.4, -0.2) is 19.5 Å². The Morgan fingerprint density at radius 2 is 1.78 bits per heavy atom. The van der Waals surface area contributed by atoms with Gasteiger partial charge in [0, 0.05) is 0 Å². The average molecular weight is 204 g/mol. The molecule has 0 radical (unpaired) electrons. The molecule has 1 aromatic rings. The van der Waals surface area contributed by atoms with E-state index in [1.54, 1.807) is 0 Å². The molecular weight excluding hydrogens is 198 g/mol. The molecule has 2 heteroatoms. The minimum absolute atomic E-state index is 0.718. The number of halogens is 1. The molecule has 0 unspecified atom stereocenters. The predicted molar refractivity (Wildman–Crippen MR) is 42.2 cm³/mol. The van der Waals surface area contributed by atoms with Crippen LogP contribution in [0.3, 0.4) is 0 Å². The molecule has 0 atom stereocenters. The predicted octanol–water partition coefficient (Wildman–Crippen LogP) is 1.57. The van der Waals surface area contributed by atoms with Crippen LogP contribution in [0.4, 0.5) is 0 Å². The Morgan fingerprint density at radius 3 is 2.11 bits per heavy atom. The van der Waals surface area contributed by atoms with Crippen molar-refractivity contribution in [3.8, 4) is 0 Å². The van der Waals surface area contributed by atoms with Gasteiger partial charge in [-0.1, -0.05) is 0 Å². The molecule has 0 N–H and O–H groups in total. The summed E-state index contributed by atoms with van der Waals surface area (Å²) < 4.78 is 0.718. The van der Waals surface area contributed by atoms with Crippen molar-refractivity contribution in [3.05, 3.63) is 35.9 Å². The molecule has 0 amide bonds. The van der Waals surface area contributed by atoms with Gasteiger partial charge in [-0.15, -0.1) is 0 Å². The van der Waals surface area contributed by atoms with Crippen LogP contribution in [0.15, 0.2) is 30.3 Å². The Morgan fingerprint density at radius 1 is 1.22 bits per heavy atom. The Hall–Kier alpha value is -0.101. The fraction of sp³-hybridized carbons (Fsp3) is 0. The van der Waals surface area contributed by atoms with Crippen molar-refractivity contribution >= 4 is 31.1 Å². The molecule has 46 valence electrons. The summed E-state index contributed by atoms with van der Waals surface area (Å²) in [5.41, 5.74) is 1.04. The molecular formula is C7H5ClSe. The second-order valence-corrected chi connectivity index (χ2v) is 3.38. The van der Waals surface area contributed by atoms with Crippen molar-refractivity contribution in [2.24, 2.45) is 0 Å². The SMILES string of the molecule is ClC(=[Se])c1ccccc1. The van der Waals surface area contributed by atoms with Gasteiger partial charge in [-0.25, -0.2) is 0 Å². The summed E-state index contributed by atoms with van der Waals surface area (Å²) in [5, 5.41) is 0. The third kappa shape index (κ3) is 1.94. The number of benzene rings is 1. The molecule has 0 aliphatic rings. The van der Waals surface area contributed by atoms with Crippen LogP contribution < -0.4 is 0 Å². The average Bonchev–Trinajstić information content (AvgIpc) is 1.90. The van der Waals surface area contributed by atoms with Gasteiger partial charge in [0.15, 0.2) is 0 Å². The third-order valence-corrected chi connectivity index (χ3v) is 1.71. The van der Waals surface area contributed by atoms with Crippen molar-refractivity contribution < 1.29 is 0 Å². The van der Waals surface area contributed by atoms with E-state index in [1.807, 2.05) is 30.3 Å². The van der Waals surface area contributed by atoms with E-state index in [1.165, 1.54) is 0 Å². The summed E-state index contributed by atoms with van der Waals surface area (Å²) in [6, 6.07) is 9.78. The van der Waals surface area contributed by atoms with Crippen LogP contribution in [-0.2, 0) is 0 Å². The fourth-order valence-corrected chi connectivity index (χ4v) is 0.981. The summed E-state index contributed by atoms with van der Waals surface area (Å²) in [7, 11) is 0. The van der Waals surface area contributed by atoms with Gasteiger partial charge in [0.25, 0.3) is 0 Å². The molecule has 0 heterocycles. The number of rotatable bonds is 1. The van der Waals surface area contributed by atoms with Crippen LogP contribution in [0.5, 0.6) is 0 Å². The van der Waals surface area contributed by atoms with Gasteiger partial charge in [0.05, 0.1) is 0 Å². The van der Waals surface area contributed by atoms with Gasteiger partial charge in [0.1, 0.15) is 0 Å². The quantitative estimate of drug-likeness (QED) is 0.608. The van der Waals surface area contributed by atoms with Gasteiger partial charge >= 0.3 is 66.9 Å². The zero-order chi connectivity index (χ0) is 6.69. The third-order valence-electron chi connectivity index (χ3n) is 1.00. The van der Waals surface area contributed by atoms with Crippen molar-refractivity contribution in [1.82, 2.24) is 0 Å². The molecule has 1 rings (SSSR count). The first kappa shape index (κ1) is 7.01. The monoisotopic (exact) mass is 204 g/mol. The first-order valence-corrected chi connectivity index (χ1v) is 3.79. The van der Waals surface area contributed by atoms with E-state index < -0.39 is 0 Å².